The van der Waals surface area contributed by atoms with Crippen molar-refractivity contribution in [3.63, 3.8) is 0 Å². The maximum absolute atomic E-state index is 11.4. The topological polar surface area (TPSA) is 29.5 Å². The van der Waals surface area contributed by atoms with E-state index < -0.39 is 6.09 Å². The number of hydrogen-bond donors (Lipinski definition) is 0. The molecule has 3 nitrogen and oxygen atoms in total. The number of nitrogens with zero attached hydrogens (tertiary/aromatic N) is 1. The van der Waals surface area contributed by atoms with E-state index in [0.717, 1.165) is 0 Å². The lowest BCUT2D eigenvalue weighted by molar-refractivity contribution is 0.122. The summed E-state index contributed by atoms with van der Waals surface area (Å²) in [5.41, 5.74) is 2.65. The number of carbonyl (C=O) groups excluding carboxylic acids is 1. The Morgan fingerprint density at radius 2 is 1.87 bits per heavy atom. The molecular formula is C10H11Cl2NO2. The van der Waals surface area contributed by atoms with E-state index in [4.69, 9.17) is 34.4 Å². The molecule has 1 amide bonds. The van der Waals surface area contributed by atoms with Crippen LogP contribution in [-0.2, 0) is 4.74 Å². The summed E-state index contributed by atoms with van der Waals surface area (Å²) in [4.78, 5) is 12.8. The molecule has 0 atom stereocenters. The molecule has 5 heteroatoms. The number of hydrogen-bond acceptors (Lipinski definition) is 2. The van der Waals surface area contributed by atoms with Crippen LogP contribution in [0.25, 0.3) is 0 Å². The van der Waals surface area contributed by atoms with E-state index >= 15 is 0 Å². The minimum atomic E-state index is -0.502. The molecule has 0 unspecified atom stereocenters. The van der Waals surface area contributed by atoms with E-state index in [0.29, 0.717) is 13.1 Å². The maximum atomic E-state index is 11.4. The highest BCUT2D eigenvalue weighted by Gasteiger charge is 2.10. The minimum Gasteiger partial charge on any atom is -0.436 e. The molecule has 0 aliphatic carbocycles. The summed E-state index contributed by atoms with van der Waals surface area (Å²) >= 11 is 10.7. The summed E-state index contributed by atoms with van der Waals surface area (Å²) in [7, 11) is 0. The molecule has 0 saturated carbocycles. The van der Waals surface area contributed by atoms with E-state index in [-0.39, 0.29) is 6.61 Å². The van der Waals surface area contributed by atoms with Crippen LogP contribution in [0.1, 0.15) is 0 Å². The molecule has 82 valence electrons. The standard InChI is InChI=1S/C10H11Cl2NO2/c1-2-9-15-10(14)13(7-3-5-11)8-4-6-12/h1,3-6H,7-9H2/b5-3+,6-4+. The summed E-state index contributed by atoms with van der Waals surface area (Å²) in [6.45, 7) is 0.632. The zero-order chi connectivity index (χ0) is 11.5. The Morgan fingerprint density at radius 1 is 1.33 bits per heavy atom. The molecule has 0 bridgehead atoms. The first-order valence-electron chi connectivity index (χ1n) is 4.11. The number of amides is 1. The number of rotatable bonds is 5. The van der Waals surface area contributed by atoms with Crippen LogP contribution in [0.5, 0.6) is 0 Å². The third-order valence-electron chi connectivity index (χ3n) is 1.37. The van der Waals surface area contributed by atoms with Gasteiger partial charge in [-0.25, -0.2) is 4.79 Å². The van der Waals surface area contributed by atoms with Crippen LogP contribution in [0.3, 0.4) is 0 Å². The smallest absolute Gasteiger partial charge is 0.411 e. The maximum Gasteiger partial charge on any atom is 0.411 e. The van der Waals surface area contributed by atoms with Gasteiger partial charge in [0.05, 0.1) is 0 Å². The number of ether oxygens (including phenoxy) is 1. The van der Waals surface area contributed by atoms with Gasteiger partial charge in [0.15, 0.2) is 6.61 Å². The second kappa shape index (κ2) is 9.45. The van der Waals surface area contributed by atoms with Gasteiger partial charge in [-0.2, -0.15) is 0 Å². The molecule has 0 spiro atoms. The Hall–Kier alpha value is -1.11. The Labute approximate surface area is 99.3 Å². The molecule has 0 fully saturated rings. The molecule has 0 aliphatic rings. The third-order valence-corrected chi connectivity index (χ3v) is 1.72. The van der Waals surface area contributed by atoms with Crippen molar-refractivity contribution in [1.29, 1.82) is 0 Å². The van der Waals surface area contributed by atoms with Gasteiger partial charge in [0.25, 0.3) is 0 Å². The highest BCUT2D eigenvalue weighted by atomic mass is 35.5. The van der Waals surface area contributed by atoms with E-state index in [1.807, 2.05) is 0 Å². The lowest BCUT2D eigenvalue weighted by Crippen LogP contribution is -2.32. The van der Waals surface area contributed by atoms with E-state index in [2.05, 4.69) is 5.92 Å². The van der Waals surface area contributed by atoms with Crippen LogP contribution in [0.4, 0.5) is 4.79 Å². The van der Waals surface area contributed by atoms with Crippen LogP contribution < -0.4 is 0 Å². The number of carbonyl (C=O) groups is 1. The van der Waals surface area contributed by atoms with Crippen molar-refractivity contribution in [2.75, 3.05) is 19.7 Å². The van der Waals surface area contributed by atoms with Gasteiger partial charge in [-0.3, -0.25) is 0 Å². The first-order chi connectivity index (χ1) is 7.26. The lowest BCUT2D eigenvalue weighted by Gasteiger charge is -2.17. The van der Waals surface area contributed by atoms with Gasteiger partial charge in [0.1, 0.15) is 0 Å². The van der Waals surface area contributed by atoms with Gasteiger partial charge >= 0.3 is 6.09 Å². The van der Waals surface area contributed by atoms with Gasteiger partial charge < -0.3 is 9.64 Å². The molecule has 0 aromatic heterocycles. The van der Waals surface area contributed by atoms with Crippen LogP contribution >= 0.6 is 23.2 Å². The van der Waals surface area contributed by atoms with Crippen molar-refractivity contribution in [2.45, 2.75) is 0 Å². The van der Waals surface area contributed by atoms with Crippen LogP contribution in [-0.4, -0.2) is 30.7 Å². The molecule has 0 aromatic carbocycles. The van der Waals surface area contributed by atoms with Gasteiger partial charge in [-0.15, -0.1) is 6.42 Å². The van der Waals surface area contributed by atoms with Crippen molar-refractivity contribution >= 4 is 29.3 Å². The van der Waals surface area contributed by atoms with Gasteiger partial charge in [0, 0.05) is 24.2 Å². The molecule has 0 aromatic rings. The molecule has 0 saturated heterocycles. The Bertz CT molecular complexity index is 268. The summed E-state index contributed by atoms with van der Waals surface area (Å²) < 4.78 is 4.74. The first kappa shape index (κ1) is 13.9. The predicted octanol–water partition coefficient (Wildman–Crippen LogP) is 2.56. The van der Waals surface area contributed by atoms with Gasteiger partial charge in [0.2, 0.25) is 0 Å². The minimum absolute atomic E-state index is 0.0511. The SMILES string of the molecule is C#CCOC(=O)N(C/C=C/Cl)C/C=C/Cl. The Morgan fingerprint density at radius 3 is 2.27 bits per heavy atom. The monoisotopic (exact) mass is 247 g/mol. The van der Waals surface area contributed by atoms with E-state index in [1.54, 1.807) is 12.2 Å². The molecule has 0 radical (unpaired) electrons. The molecule has 0 heterocycles. The van der Waals surface area contributed by atoms with Crippen molar-refractivity contribution in [2.24, 2.45) is 0 Å². The van der Waals surface area contributed by atoms with Crippen molar-refractivity contribution in [1.82, 2.24) is 4.90 Å². The normalized spacial score (nSPS) is 10.5. The van der Waals surface area contributed by atoms with Crippen LogP contribution in [0.15, 0.2) is 23.2 Å². The zero-order valence-corrected chi connectivity index (χ0v) is 9.54. The fourth-order valence-electron chi connectivity index (χ4n) is 0.752. The summed E-state index contributed by atoms with van der Waals surface area (Å²) in [6.07, 6.45) is 7.68. The highest BCUT2D eigenvalue weighted by molar-refractivity contribution is 6.25. The molecule has 15 heavy (non-hydrogen) atoms. The first-order valence-corrected chi connectivity index (χ1v) is 4.99. The average Bonchev–Trinajstić information content (AvgIpc) is 2.26. The van der Waals surface area contributed by atoms with Crippen LogP contribution in [0, 0.1) is 12.3 Å². The molecule has 0 aliphatic heterocycles. The van der Waals surface area contributed by atoms with Crippen LogP contribution in [0.2, 0.25) is 0 Å². The van der Waals surface area contributed by atoms with Gasteiger partial charge in [-0.05, 0) is 0 Å². The summed E-state index contributed by atoms with van der Waals surface area (Å²) in [5, 5.41) is 0. The Kier molecular flexibility index (Phi) is 8.75. The zero-order valence-electron chi connectivity index (χ0n) is 8.03. The van der Waals surface area contributed by atoms with E-state index in [1.165, 1.54) is 16.0 Å². The van der Waals surface area contributed by atoms with Crippen molar-refractivity contribution in [3.8, 4) is 12.3 Å². The third kappa shape index (κ3) is 6.89. The fraction of sp³-hybridized carbons (Fsp3) is 0.300. The summed E-state index contributed by atoms with van der Waals surface area (Å²) in [5.74, 6) is 2.21. The van der Waals surface area contributed by atoms with E-state index in [9.17, 15) is 4.79 Å². The molecular weight excluding hydrogens is 237 g/mol. The Balaban J connectivity index is 4.20. The fourth-order valence-corrected chi connectivity index (χ4v) is 0.912. The van der Waals surface area contributed by atoms with Crippen molar-refractivity contribution in [3.05, 3.63) is 23.2 Å². The molecule has 0 N–H and O–H groups in total. The number of halogens is 2. The second-order valence-corrected chi connectivity index (χ2v) is 2.89. The lowest BCUT2D eigenvalue weighted by atomic mass is 10.5. The number of terminal acetylenes is 1. The summed E-state index contributed by atoms with van der Waals surface area (Å²) in [6, 6.07) is 0. The average molecular weight is 248 g/mol. The van der Waals surface area contributed by atoms with Crippen molar-refractivity contribution < 1.29 is 9.53 Å². The van der Waals surface area contributed by atoms with Gasteiger partial charge in [-0.1, -0.05) is 41.3 Å². The predicted molar refractivity (Wildman–Crippen MR) is 61.7 cm³/mol. The highest BCUT2D eigenvalue weighted by Crippen LogP contribution is 1.97. The second-order valence-electron chi connectivity index (χ2n) is 2.39. The largest absolute Gasteiger partial charge is 0.436 e. The molecule has 0 rings (SSSR count). The quantitative estimate of drug-likeness (QED) is 0.700.